The third-order valence-electron chi connectivity index (χ3n) is 6.92. The molecule has 0 bridgehead atoms. The second-order valence-corrected chi connectivity index (χ2v) is 11.7. The minimum absolute atomic E-state index is 0.259. The van der Waals surface area contributed by atoms with Crippen molar-refractivity contribution in [2.75, 3.05) is 12.9 Å². The van der Waals surface area contributed by atoms with Crippen LogP contribution in [0, 0.1) is 0 Å². The highest BCUT2D eigenvalue weighted by molar-refractivity contribution is 7.98. The van der Waals surface area contributed by atoms with Gasteiger partial charge in [0.1, 0.15) is 23.6 Å². The summed E-state index contributed by atoms with van der Waals surface area (Å²) >= 11 is 3.26. The second kappa shape index (κ2) is 15.9. The van der Waals surface area contributed by atoms with Crippen LogP contribution < -0.4 is 0 Å². The fourth-order valence-electron chi connectivity index (χ4n) is 4.65. The molecular weight excluding hydrogens is 565 g/mol. The van der Waals surface area contributed by atoms with E-state index in [1.54, 1.807) is 29.4 Å². The summed E-state index contributed by atoms with van der Waals surface area (Å²) < 4.78 is 25.8. The van der Waals surface area contributed by atoms with E-state index in [1.807, 2.05) is 67.8 Å². The summed E-state index contributed by atoms with van der Waals surface area (Å²) in [5.74, 6) is 0. The maximum absolute atomic E-state index is 6.64. The summed E-state index contributed by atoms with van der Waals surface area (Å²) in [6.45, 7) is 4.18. The summed E-state index contributed by atoms with van der Waals surface area (Å²) in [6.07, 6.45) is 2.62. The molecule has 0 saturated carbocycles. The minimum Gasteiger partial charge on any atom is -0.374 e. The van der Waals surface area contributed by atoms with Gasteiger partial charge in [0.05, 0.1) is 49.5 Å². The average Bonchev–Trinajstić information content (AvgIpc) is 3.47. The first-order valence-electron chi connectivity index (χ1n) is 14.0. The summed E-state index contributed by atoms with van der Waals surface area (Å²) in [6, 6.07) is 30.5. The standard InChI is InChI=1S/C34H36N2O4S2/c1-25(38-19-27-14-8-4-9-15-27)33(40-20-28-16-10-5-11-17-28)30(21-37-18-26-12-6-3-7-13-26)39-22-31-32-29(23-42-31)34(41-2)36-24-35-32/h3-17,23-25,30,33H,18-22H2,1-2H3/t25-,30?,33-/m0/s1. The Morgan fingerprint density at radius 2 is 1.31 bits per heavy atom. The second-order valence-electron chi connectivity index (χ2n) is 9.92. The van der Waals surface area contributed by atoms with Crippen LogP contribution >= 0.6 is 23.1 Å². The number of thiophene rings is 1. The van der Waals surface area contributed by atoms with Crippen LogP contribution in [-0.2, 0) is 45.4 Å². The Hall–Kier alpha value is -3.11. The molecule has 218 valence electrons. The molecule has 0 spiro atoms. The Labute approximate surface area is 256 Å². The molecule has 0 N–H and O–H groups in total. The highest BCUT2D eigenvalue weighted by atomic mass is 32.2. The normalized spacial score (nSPS) is 13.7. The zero-order valence-corrected chi connectivity index (χ0v) is 25.6. The van der Waals surface area contributed by atoms with Crippen molar-refractivity contribution in [3.05, 3.63) is 124 Å². The van der Waals surface area contributed by atoms with Crippen molar-refractivity contribution in [3.63, 3.8) is 0 Å². The first-order chi connectivity index (χ1) is 20.7. The number of ether oxygens (including phenoxy) is 4. The summed E-state index contributed by atoms with van der Waals surface area (Å²) in [4.78, 5) is 10.0. The number of hydrogen-bond donors (Lipinski definition) is 0. The lowest BCUT2D eigenvalue weighted by atomic mass is 10.1. The molecule has 0 aliphatic carbocycles. The zero-order valence-electron chi connectivity index (χ0n) is 23.9. The third kappa shape index (κ3) is 8.47. The van der Waals surface area contributed by atoms with Crippen molar-refractivity contribution in [2.45, 2.75) is 56.7 Å². The van der Waals surface area contributed by atoms with Gasteiger partial charge in [-0.2, -0.15) is 0 Å². The highest BCUT2D eigenvalue weighted by Gasteiger charge is 2.31. The van der Waals surface area contributed by atoms with Crippen molar-refractivity contribution in [1.29, 1.82) is 0 Å². The monoisotopic (exact) mass is 600 g/mol. The minimum atomic E-state index is -0.387. The van der Waals surface area contributed by atoms with E-state index in [2.05, 4.69) is 51.7 Å². The molecule has 3 aromatic carbocycles. The summed E-state index contributed by atoms with van der Waals surface area (Å²) in [7, 11) is 0. The molecule has 8 heteroatoms. The first kappa shape index (κ1) is 30.4. The molecule has 3 atom stereocenters. The lowest BCUT2D eigenvalue weighted by molar-refractivity contribution is -0.163. The predicted octanol–water partition coefficient (Wildman–Crippen LogP) is 7.71. The van der Waals surface area contributed by atoms with Crippen LogP contribution in [0.1, 0.15) is 28.5 Å². The fourth-order valence-corrected chi connectivity index (χ4v) is 6.15. The van der Waals surface area contributed by atoms with Gasteiger partial charge in [-0.25, -0.2) is 9.97 Å². The number of rotatable bonds is 16. The molecule has 0 aliphatic heterocycles. The number of aromatic nitrogens is 2. The lowest BCUT2D eigenvalue weighted by Crippen LogP contribution is -2.43. The Morgan fingerprint density at radius 3 is 1.93 bits per heavy atom. The van der Waals surface area contributed by atoms with E-state index >= 15 is 0 Å². The van der Waals surface area contributed by atoms with Crippen LogP contribution in [0.25, 0.3) is 10.9 Å². The number of benzene rings is 3. The smallest absolute Gasteiger partial charge is 0.117 e. The van der Waals surface area contributed by atoms with Gasteiger partial charge in [0.15, 0.2) is 0 Å². The van der Waals surface area contributed by atoms with Gasteiger partial charge in [-0.15, -0.1) is 23.1 Å². The predicted molar refractivity (Wildman–Crippen MR) is 170 cm³/mol. The maximum atomic E-state index is 6.64. The van der Waals surface area contributed by atoms with Gasteiger partial charge in [-0.1, -0.05) is 91.0 Å². The van der Waals surface area contributed by atoms with Crippen LogP contribution in [0.4, 0.5) is 0 Å². The van der Waals surface area contributed by atoms with E-state index in [9.17, 15) is 0 Å². The van der Waals surface area contributed by atoms with Gasteiger partial charge in [0.2, 0.25) is 0 Å². The zero-order chi connectivity index (χ0) is 29.0. The Morgan fingerprint density at radius 1 is 0.714 bits per heavy atom. The van der Waals surface area contributed by atoms with Gasteiger partial charge in [0.25, 0.3) is 0 Å². The number of thioether (sulfide) groups is 1. The number of hydrogen-bond acceptors (Lipinski definition) is 8. The van der Waals surface area contributed by atoms with Gasteiger partial charge in [-0.3, -0.25) is 0 Å². The lowest BCUT2D eigenvalue weighted by Gasteiger charge is -2.32. The van der Waals surface area contributed by atoms with Crippen LogP contribution in [0.2, 0.25) is 0 Å². The number of fused-ring (bicyclic) bond motifs is 1. The fraction of sp³-hybridized carbons (Fsp3) is 0.294. The molecule has 6 nitrogen and oxygen atoms in total. The van der Waals surface area contributed by atoms with E-state index in [0.29, 0.717) is 33.0 Å². The molecular formula is C34H36N2O4S2. The molecule has 42 heavy (non-hydrogen) atoms. The summed E-state index contributed by atoms with van der Waals surface area (Å²) in [5, 5.41) is 4.13. The van der Waals surface area contributed by atoms with Gasteiger partial charge < -0.3 is 18.9 Å². The summed E-state index contributed by atoms with van der Waals surface area (Å²) in [5.41, 5.74) is 4.24. The molecule has 0 radical (unpaired) electrons. The van der Waals surface area contributed by atoms with Crippen molar-refractivity contribution in [1.82, 2.24) is 9.97 Å². The maximum Gasteiger partial charge on any atom is 0.117 e. The molecule has 2 aromatic heterocycles. The van der Waals surface area contributed by atoms with Crippen LogP contribution in [0.15, 0.2) is 108 Å². The van der Waals surface area contributed by atoms with Gasteiger partial charge in [-0.05, 0) is 29.9 Å². The van der Waals surface area contributed by atoms with Crippen molar-refractivity contribution >= 4 is 34.0 Å². The van der Waals surface area contributed by atoms with Crippen LogP contribution in [0.5, 0.6) is 0 Å². The number of nitrogens with zero attached hydrogens (tertiary/aromatic N) is 2. The Balaban J connectivity index is 1.35. The molecule has 5 rings (SSSR count). The van der Waals surface area contributed by atoms with Gasteiger partial charge in [0, 0.05) is 10.8 Å². The molecule has 0 amide bonds. The van der Waals surface area contributed by atoms with Crippen molar-refractivity contribution in [2.24, 2.45) is 0 Å². The van der Waals surface area contributed by atoms with E-state index in [0.717, 1.165) is 37.5 Å². The topological polar surface area (TPSA) is 62.7 Å². The van der Waals surface area contributed by atoms with E-state index in [1.165, 1.54) is 0 Å². The molecule has 2 heterocycles. The van der Waals surface area contributed by atoms with Crippen LogP contribution in [0.3, 0.4) is 0 Å². The van der Waals surface area contributed by atoms with Crippen molar-refractivity contribution in [3.8, 4) is 0 Å². The quantitative estimate of drug-likeness (QED) is 0.0849. The SMILES string of the molecule is CSc1ncnc2c(COC(COCc3ccccc3)[C@@H](OCc3ccccc3)[C@H](C)OCc3ccccc3)scc12. The molecule has 0 fully saturated rings. The first-order valence-corrected chi connectivity index (χ1v) is 16.1. The highest BCUT2D eigenvalue weighted by Crippen LogP contribution is 2.31. The van der Waals surface area contributed by atoms with E-state index in [4.69, 9.17) is 18.9 Å². The molecule has 5 aromatic rings. The van der Waals surface area contributed by atoms with E-state index < -0.39 is 0 Å². The van der Waals surface area contributed by atoms with Crippen molar-refractivity contribution < 1.29 is 18.9 Å². The largest absolute Gasteiger partial charge is 0.374 e. The molecule has 0 aliphatic rings. The average molecular weight is 601 g/mol. The van der Waals surface area contributed by atoms with E-state index in [-0.39, 0.29) is 18.3 Å². The van der Waals surface area contributed by atoms with Gasteiger partial charge >= 0.3 is 0 Å². The Bertz CT molecular complexity index is 1490. The Kier molecular flexibility index (Phi) is 11.5. The molecule has 1 unspecified atom stereocenters. The van der Waals surface area contributed by atoms with Crippen LogP contribution in [-0.4, -0.2) is 41.1 Å². The third-order valence-corrected chi connectivity index (χ3v) is 8.58. The molecule has 0 saturated heterocycles.